The number of aliphatic imine (C=N–C) groups is 1. The standard InChI is InChI=1S/C13H26N4O2.HI/c1-6-15-11(14-5)17-8-7-10(9-17)16-12(18)19-13(2,3)4;/h10H,6-9H2,1-5H3,(H,14,15)(H,16,18);1H. The minimum Gasteiger partial charge on any atom is -0.444 e. The van der Waals surface area contributed by atoms with E-state index in [1.54, 1.807) is 7.05 Å². The number of hydrogen-bond donors (Lipinski definition) is 2. The van der Waals surface area contributed by atoms with E-state index in [2.05, 4.69) is 20.5 Å². The number of amides is 1. The average molecular weight is 398 g/mol. The van der Waals surface area contributed by atoms with Crippen molar-refractivity contribution in [3.8, 4) is 0 Å². The lowest BCUT2D eigenvalue weighted by molar-refractivity contribution is 0.0507. The maximum absolute atomic E-state index is 11.7. The fourth-order valence-corrected chi connectivity index (χ4v) is 2.04. The molecule has 1 atom stereocenters. The first-order valence-electron chi connectivity index (χ1n) is 6.81. The second kappa shape index (κ2) is 8.53. The van der Waals surface area contributed by atoms with Gasteiger partial charge in [0.2, 0.25) is 0 Å². The molecular weight excluding hydrogens is 371 g/mol. The van der Waals surface area contributed by atoms with Crippen LogP contribution in [0, 0.1) is 0 Å². The topological polar surface area (TPSA) is 66.0 Å². The quantitative estimate of drug-likeness (QED) is 0.423. The number of carbonyl (C=O) groups excluding carboxylic acids is 1. The lowest BCUT2D eigenvalue weighted by Crippen LogP contribution is -2.44. The van der Waals surface area contributed by atoms with E-state index in [-0.39, 0.29) is 36.1 Å². The molecule has 20 heavy (non-hydrogen) atoms. The van der Waals surface area contributed by atoms with Gasteiger partial charge >= 0.3 is 6.09 Å². The molecule has 0 aromatic heterocycles. The molecule has 1 heterocycles. The number of rotatable bonds is 2. The molecule has 1 rings (SSSR count). The van der Waals surface area contributed by atoms with Gasteiger partial charge in [-0.15, -0.1) is 24.0 Å². The van der Waals surface area contributed by atoms with Gasteiger partial charge in [0.1, 0.15) is 5.60 Å². The molecule has 1 amide bonds. The van der Waals surface area contributed by atoms with E-state index in [9.17, 15) is 4.79 Å². The van der Waals surface area contributed by atoms with Gasteiger partial charge in [-0.05, 0) is 34.1 Å². The fourth-order valence-electron chi connectivity index (χ4n) is 2.04. The predicted molar refractivity (Wildman–Crippen MR) is 91.8 cm³/mol. The summed E-state index contributed by atoms with van der Waals surface area (Å²) < 4.78 is 5.25. The highest BCUT2D eigenvalue weighted by atomic mass is 127. The molecule has 1 aliphatic rings. The molecule has 1 unspecified atom stereocenters. The molecule has 0 aromatic rings. The Balaban J connectivity index is 0.00000361. The highest BCUT2D eigenvalue weighted by Gasteiger charge is 2.27. The van der Waals surface area contributed by atoms with E-state index >= 15 is 0 Å². The number of nitrogens with one attached hydrogen (secondary N) is 2. The summed E-state index contributed by atoms with van der Waals surface area (Å²) in [6.07, 6.45) is 0.557. The zero-order valence-electron chi connectivity index (χ0n) is 13.0. The summed E-state index contributed by atoms with van der Waals surface area (Å²) in [4.78, 5) is 18.1. The van der Waals surface area contributed by atoms with Crippen molar-refractivity contribution in [1.82, 2.24) is 15.5 Å². The summed E-state index contributed by atoms with van der Waals surface area (Å²) in [5.41, 5.74) is -0.456. The van der Waals surface area contributed by atoms with E-state index in [4.69, 9.17) is 4.74 Å². The third-order valence-corrected chi connectivity index (χ3v) is 2.76. The maximum Gasteiger partial charge on any atom is 0.407 e. The van der Waals surface area contributed by atoms with Gasteiger partial charge in [0.05, 0.1) is 6.04 Å². The van der Waals surface area contributed by atoms with E-state index in [0.29, 0.717) is 0 Å². The van der Waals surface area contributed by atoms with E-state index in [1.165, 1.54) is 0 Å². The van der Waals surface area contributed by atoms with E-state index in [1.807, 2.05) is 27.7 Å². The molecule has 0 aliphatic carbocycles. The van der Waals surface area contributed by atoms with Crippen molar-refractivity contribution in [3.63, 3.8) is 0 Å². The van der Waals surface area contributed by atoms with Crippen LogP contribution in [0.2, 0.25) is 0 Å². The Morgan fingerprint density at radius 2 is 2.10 bits per heavy atom. The lowest BCUT2D eigenvalue weighted by atomic mass is 10.2. The first-order valence-corrected chi connectivity index (χ1v) is 6.81. The maximum atomic E-state index is 11.7. The van der Waals surface area contributed by atoms with Crippen LogP contribution in [0.1, 0.15) is 34.1 Å². The van der Waals surface area contributed by atoms with Gasteiger partial charge in [-0.2, -0.15) is 0 Å². The second-order valence-corrected chi connectivity index (χ2v) is 5.66. The Morgan fingerprint density at radius 1 is 1.45 bits per heavy atom. The van der Waals surface area contributed by atoms with Crippen molar-refractivity contribution < 1.29 is 9.53 Å². The number of carbonyl (C=O) groups is 1. The van der Waals surface area contributed by atoms with Crippen molar-refractivity contribution in [2.75, 3.05) is 26.7 Å². The smallest absolute Gasteiger partial charge is 0.407 e. The Hall–Kier alpha value is -0.730. The number of likely N-dealkylation sites (tertiary alicyclic amines) is 1. The van der Waals surface area contributed by atoms with Crippen LogP contribution in [0.15, 0.2) is 4.99 Å². The fraction of sp³-hybridized carbons (Fsp3) is 0.846. The monoisotopic (exact) mass is 398 g/mol. The lowest BCUT2D eigenvalue weighted by Gasteiger charge is -2.23. The summed E-state index contributed by atoms with van der Waals surface area (Å²) in [6.45, 7) is 10.1. The SMILES string of the molecule is CCNC(=NC)N1CCC(NC(=O)OC(C)(C)C)C1.I. The number of alkyl carbamates (subject to hydrolysis) is 1. The molecule has 0 bridgehead atoms. The van der Waals surface area contributed by atoms with Gasteiger partial charge in [0.25, 0.3) is 0 Å². The van der Waals surface area contributed by atoms with Crippen LogP contribution in [-0.2, 0) is 4.74 Å². The molecule has 7 heteroatoms. The van der Waals surface area contributed by atoms with Crippen molar-refractivity contribution in [3.05, 3.63) is 0 Å². The molecule has 0 radical (unpaired) electrons. The van der Waals surface area contributed by atoms with Crippen molar-refractivity contribution in [2.24, 2.45) is 4.99 Å². The molecule has 0 spiro atoms. The largest absolute Gasteiger partial charge is 0.444 e. The Kier molecular flexibility index (Phi) is 8.22. The molecule has 6 nitrogen and oxygen atoms in total. The van der Waals surface area contributed by atoms with Crippen LogP contribution in [0.25, 0.3) is 0 Å². The molecule has 1 aliphatic heterocycles. The van der Waals surface area contributed by atoms with Crippen molar-refractivity contribution in [2.45, 2.75) is 45.8 Å². The van der Waals surface area contributed by atoms with Gasteiger partial charge in [-0.25, -0.2) is 4.79 Å². The van der Waals surface area contributed by atoms with Crippen LogP contribution in [0.3, 0.4) is 0 Å². The molecule has 0 saturated carbocycles. The highest BCUT2D eigenvalue weighted by Crippen LogP contribution is 2.11. The third kappa shape index (κ3) is 6.62. The summed E-state index contributed by atoms with van der Waals surface area (Å²) in [5, 5.41) is 6.12. The van der Waals surface area contributed by atoms with Gasteiger partial charge in [0.15, 0.2) is 5.96 Å². The Labute approximate surface area is 138 Å². The van der Waals surface area contributed by atoms with Crippen LogP contribution in [0.5, 0.6) is 0 Å². The summed E-state index contributed by atoms with van der Waals surface area (Å²) in [6, 6.07) is 0.116. The van der Waals surface area contributed by atoms with Gasteiger partial charge in [0, 0.05) is 26.7 Å². The minimum absolute atomic E-state index is 0. The summed E-state index contributed by atoms with van der Waals surface area (Å²) >= 11 is 0. The van der Waals surface area contributed by atoms with Crippen molar-refractivity contribution in [1.29, 1.82) is 0 Å². The number of ether oxygens (including phenoxy) is 1. The van der Waals surface area contributed by atoms with Crippen LogP contribution in [0.4, 0.5) is 4.79 Å². The van der Waals surface area contributed by atoms with Crippen LogP contribution in [-0.4, -0.2) is 55.3 Å². The third-order valence-electron chi connectivity index (χ3n) is 2.76. The van der Waals surface area contributed by atoms with Gasteiger partial charge in [-0.1, -0.05) is 0 Å². The minimum atomic E-state index is -0.456. The molecular formula is C13H27IN4O2. The molecule has 0 aromatic carbocycles. The number of hydrogen-bond acceptors (Lipinski definition) is 3. The van der Waals surface area contributed by atoms with Gasteiger partial charge < -0.3 is 20.3 Å². The molecule has 118 valence electrons. The zero-order valence-corrected chi connectivity index (χ0v) is 15.4. The number of nitrogens with zero attached hydrogens (tertiary/aromatic N) is 2. The normalized spacial score (nSPS) is 19.4. The van der Waals surface area contributed by atoms with Crippen LogP contribution >= 0.6 is 24.0 Å². The first kappa shape index (κ1) is 19.3. The second-order valence-electron chi connectivity index (χ2n) is 5.66. The first-order chi connectivity index (χ1) is 8.85. The molecule has 1 saturated heterocycles. The summed E-state index contributed by atoms with van der Waals surface area (Å²) in [7, 11) is 1.77. The molecule has 2 N–H and O–H groups in total. The van der Waals surface area contributed by atoms with Gasteiger partial charge in [-0.3, -0.25) is 4.99 Å². The molecule has 1 fully saturated rings. The number of halogens is 1. The zero-order chi connectivity index (χ0) is 14.5. The van der Waals surface area contributed by atoms with Crippen molar-refractivity contribution >= 4 is 36.0 Å². The summed E-state index contributed by atoms with van der Waals surface area (Å²) in [5.74, 6) is 0.885. The van der Waals surface area contributed by atoms with E-state index in [0.717, 1.165) is 32.0 Å². The Morgan fingerprint density at radius 3 is 2.60 bits per heavy atom. The highest BCUT2D eigenvalue weighted by molar-refractivity contribution is 14.0. The van der Waals surface area contributed by atoms with Crippen LogP contribution < -0.4 is 10.6 Å². The number of guanidine groups is 1. The predicted octanol–water partition coefficient (Wildman–Crippen LogP) is 1.80. The average Bonchev–Trinajstić information content (AvgIpc) is 2.71. The Bertz CT molecular complexity index is 342. The van der Waals surface area contributed by atoms with E-state index < -0.39 is 5.60 Å².